The van der Waals surface area contributed by atoms with E-state index in [4.69, 9.17) is 0 Å². The number of hydrogen-bond donors (Lipinski definition) is 0. The second-order valence-electron chi connectivity index (χ2n) is 2.43. The molecule has 0 spiro atoms. The molecule has 0 N–H and O–H groups in total. The molecule has 2 heteroatoms. The molecule has 0 aromatic heterocycles. The summed E-state index contributed by atoms with van der Waals surface area (Å²) in [7, 11) is 0. The van der Waals surface area contributed by atoms with E-state index in [9.17, 15) is 9.59 Å². The van der Waals surface area contributed by atoms with Crippen molar-refractivity contribution >= 4 is 12.6 Å². The third-order valence-electron chi connectivity index (χ3n) is 1.63. The average Bonchev–Trinajstić information content (AvgIpc) is 2.15. The summed E-state index contributed by atoms with van der Waals surface area (Å²) in [6, 6.07) is 9.10. The van der Waals surface area contributed by atoms with Crippen LogP contribution in [0.15, 0.2) is 30.3 Å². The van der Waals surface area contributed by atoms with Gasteiger partial charge in [0, 0.05) is 6.42 Å². The van der Waals surface area contributed by atoms with Gasteiger partial charge in [-0.3, -0.25) is 9.59 Å². The van der Waals surface area contributed by atoms with Gasteiger partial charge in [-0.15, -0.1) is 0 Å². The van der Waals surface area contributed by atoms with E-state index in [2.05, 4.69) is 0 Å². The Morgan fingerprint density at radius 3 is 2.33 bits per heavy atom. The molecular formula is C10H8O2. The fourth-order valence-electron chi connectivity index (χ4n) is 0.996. The topological polar surface area (TPSA) is 34.1 Å². The van der Waals surface area contributed by atoms with Gasteiger partial charge in [0.2, 0.25) is 6.29 Å². The van der Waals surface area contributed by atoms with E-state index < -0.39 is 5.92 Å². The van der Waals surface area contributed by atoms with Crippen molar-refractivity contribution in [3.8, 4) is 0 Å². The van der Waals surface area contributed by atoms with Crippen LogP contribution in [0.25, 0.3) is 0 Å². The first-order valence-electron chi connectivity index (χ1n) is 3.66. The van der Waals surface area contributed by atoms with Crippen LogP contribution in [0.3, 0.4) is 0 Å². The molecule has 1 rings (SSSR count). The Bertz CT molecular complexity index is 254. The van der Waals surface area contributed by atoms with Crippen LogP contribution >= 0.6 is 0 Å². The second kappa shape index (κ2) is 4.44. The Labute approximate surface area is 71.2 Å². The smallest absolute Gasteiger partial charge is 0.206 e. The zero-order valence-electron chi connectivity index (χ0n) is 6.49. The highest BCUT2D eigenvalue weighted by molar-refractivity contribution is 5.69. The zero-order chi connectivity index (χ0) is 8.81. The van der Waals surface area contributed by atoms with Crippen LogP contribution < -0.4 is 0 Å². The molecule has 12 heavy (non-hydrogen) atoms. The van der Waals surface area contributed by atoms with E-state index in [0.717, 1.165) is 5.56 Å². The molecule has 60 valence electrons. The molecule has 0 saturated carbocycles. The minimum atomic E-state index is -0.455. The number of benzene rings is 1. The summed E-state index contributed by atoms with van der Waals surface area (Å²) in [5.74, 6) is -0.455. The quantitative estimate of drug-likeness (QED) is 0.666. The van der Waals surface area contributed by atoms with Crippen LogP contribution in [-0.4, -0.2) is 12.6 Å². The molecule has 1 aromatic carbocycles. The van der Waals surface area contributed by atoms with E-state index in [-0.39, 0.29) is 6.42 Å². The molecule has 0 amide bonds. The van der Waals surface area contributed by atoms with Crippen molar-refractivity contribution in [1.82, 2.24) is 0 Å². The first kappa shape index (κ1) is 8.65. The van der Waals surface area contributed by atoms with Crippen molar-refractivity contribution in [1.29, 1.82) is 0 Å². The highest BCUT2D eigenvalue weighted by Gasteiger charge is 2.09. The maximum Gasteiger partial charge on any atom is 0.206 e. The van der Waals surface area contributed by atoms with Crippen LogP contribution in [0, 0.1) is 0 Å². The lowest BCUT2D eigenvalue weighted by Crippen LogP contribution is -1.99. The fourth-order valence-corrected chi connectivity index (χ4v) is 0.996. The third-order valence-corrected chi connectivity index (χ3v) is 1.63. The molecule has 0 fully saturated rings. The summed E-state index contributed by atoms with van der Waals surface area (Å²) in [6.07, 6.45) is 3.60. The summed E-state index contributed by atoms with van der Waals surface area (Å²) in [5.41, 5.74) is 0.816. The number of hydrogen-bond acceptors (Lipinski definition) is 2. The summed E-state index contributed by atoms with van der Waals surface area (Å²) < 4.78 is 0. The molecule has 0 aliphatic carbocycles. The van der Waals surface area contributed by atoms with Crippen molar-refractivity contribution in [2.45, 2.75) is 12.3 Å². The van der Waals surface area contributed by atoms with Gasteiger partial charge < -0.3 is 0 Å². The molecule has 1 unspecified atom stereocenters. The van der Waals surface area contributed by atoms with Gasteiger partial charge in [0.05, 0.1) is 5.92 Å². The standard InChI is InChI=1S/C10H8O2/c11-7-6-10(8-12)9-4-2-1-3-5-9/h1-5,10H,6H2. The Morgan fingerprint density at radius 2 is 1.83 bits per heavy atom. The van der Waals surface area contributed by atoms with Gasteiger partial charge in [0.25, 0.3) is 0 Å². The van der Waals surface area contributed by atoms with Crippen LogP contribution in [0.2, 0.25) is 0 Å². The van der Waals surface area contributed by atoms with E-state index >= 15 is 0 Å². The van der Waals surface area contributed by atoms with Gasteiger partial charge in [-0.05, 0) is 5.56 Å². The molecule has 2 nitrogen and oxygen atoms in total. The van der Waals surface area contributed by atoms with Gasteiger partial charge in [0.15, 0.2) is 6.29 Å². The molecule has 1 atom stereocenters. The van der Waals surface area contributed by atoms with E-state index in [0.29, 0.717) is 0 Å². The van der Waals surface area contributed by atoms with Crippen LogP contribution in [0.1, 0.15) is 17.9 Å². The lowest BCUT2D eigenvalue weighted by atomic mass is 9.98. The summed E-state index contributed by atoms with van der Waals surface area (Å²) in [5, 5.41) is 0. The highest BCUT2D eigenvalue weighted by Crippen LogP contribution is 2.14. The largest absolute Gasteiger partial charge is 0.291 e. The molecule has 0 bridgehead atoms. The highest BCUT2D eigenvalue weighted by atomic mass is 16.1. The minimum Gasteiger partial charge on any atom is -0.291 e. The molecule has 0 heterocycles. The predicted molar refractivity (Wildman–Crippen MR) is 45.2 cm³/mol. The Balaban J connectivity index is 2.79. The molecule has 0 aliphatic rings. The second-order valence-corrected chi connectivity index (χ2v) is 2.43. The van der Waals surface area contributed by atoms with Gasteiger partial charge in [-0.2, -0.15) is 0 Å². The number of rotatable bonds is 4. The van der Waals surface area contributed by atoms with Crippen LogP contribution in [0.5, 0.6) is 0 Å². The zero-order valence-corrected chi connectivity index (χ0v) is 6.49. The van der Waals surface area contributed by atoms with Crippen LogP contribution in [0.4, 0.5) is 0 Å². The van der Waals surface area contributed by atoms with Crippen LogP contribution in [-0.2, 0) is 9.59 Å². The van der Waals surface area contributed by atoms with Crippen molar-refractivity contribution < 1.29 is 9.59 Å². The van der Waals surface area contributed by atoms with Crippen molar-refractivity contribution in [3.63, 3.8) is 0 Å². The van der Waals surface area contributed by atoms with Gasteiger partial charge in [-0.25, -0.2) is 0 Å². The van der Waals surface area contributed by atoms with E-state index in [1.807, 2.05) is 18.2 Å². The Kier molecular flexibility index (Phi) is 3.20. The fraction of sp³-hybridized carbons (Fsp3) is 0.200. The molecular weight excluding hydrogens is 152 g/mol. The van der Waals surface area contributed by atoms with Gasteiger partial charge >= 0.3 is 0 Å². The maximum atomic E-state index is 10.4. The van der Waals surface area contributed by atoms with Crippen molar-refractivity contribution in [3.05, 3.63) is 35.9 Å². The van der Waals surface area contributed by atoms with Gasteiger partial charge in [-0.1, -0.05) is 30.3 Å². The SMILES string of the molecule is O=[C]CC([C]=O)c1ccccc1. The molecule has 0 aliphatic heterocycles. The average molecular weight is 160 g/mol. The lowest BCUT2D eigenvalue weighted by Gasteiger charge is -2.03. The molecule has 1 aromatic rings. The monoisotopic (exact) mass is 160 g/mol. The minimum absolute atomic E-state index is 0.0908. The first-order valence-corrected chi connectivity index (χ1v) is 3.66. The summed E-state index contributed by atoms with van der Waals surface area (Å²) in [6.45, 7) is 0. The molecule has 0 saturated heterocycles. The normalized spacial score (nSPS) is 12.0. The third kappa shape index (κ3) is 2.02. The predicted octanol–water partition coefficient (Wildman–Crippen LogP) is 1.38. The first-order chi connectivity index (χ1) is 5.88. The lowest BCUT2D eigenvalue weighted by molar-refractivity contribution is 0.531. The summed E-state index contributed by atoms with van der Waals surface area (Å²) >= 11 is 0. The van der Waals surface area contributed by atoms with Crippen molar-refractivity contribution in [2.75, 3.05) is 0 Å². The van der Waals surface area contributed by atoms with E-state index in [1.165, 1.54) is 0 Å². The summed E-state index contributed by atoms with van der Waals surface area (Å²) in [4.78, 5) is 20.4. The van der Waals surface area contributed by atoms with Crippen molar-refractivity contribution in [2.24, 2.45) is 0 Å². The number of carbonyl (C=O) groups excluding carboxylic acids is 2. The maximum absolute atomic E-state index is 10.4. The van der Waals surface area contributed by atoms with E-state index in [1.54, 1.807) is 24.7 Å². The Hall–Kier alpha value is -1.44. The Morgan fingerprint density at radius 1 is 1.17 bits per heavy atom. The van der Waals surface area contributed by atoms with Gasteiger partial charge in [0.1, 0.15) is 0 Å². The molecule has 2 radical (unpaired) electrons.